The number of benzene rings is 1. The van der Waals surface area contributed by atoms with Crippen molar-refractivity contribution in [3.05, 3.63) is 18.2 Å². The molecule has 2 rings (SSSR count). The van der Waals surface area contributed by atoms with Gasteiger partial charge in [0, 0.05) is 12.1 Å². The second-order valence-electron chi connectivity index (χ2n) is 6.86. The Morgan fingerprint density at radius 2 is 1.81 bits per heavy atom. The van der Waals surface area contributed by atoms with Crippen LogP contribution in [-0.4, -0.2) is 71.9 Å². The summed E-state index contributed by atoms with van der Waals surface area (Å²) >= 11 is 0. The number of ether oxygens (including phenoxy) is 2. The van der Waals surface area contributed by atoms with E-state index in [1.165, 1.54) is 14.2 Å². The second-order valence-corrected chi connectivity index (χ2v) is 8.72. The molecule has 1 amide bonds. The average molecular weight is 400 g/mol. The van der Waals surface area contributed by atoms with Crippen LogP contribution in [0.3, 0.4) is 0 Å². The maximum Gasteiger partial charge on any atom is 0.243 e. The molecule has 0 aromatic heterocycles. The normalized spacial score (nSPS) is 17.2. The zero-order chi connectivity index (χ0) is 20.2. The van der Waals surface area contributed by atoms with Crippen LogP contribution in [0, 0.1) is 0 Å². The SMILES string of the molecule is COc1ccc(N([C@H](C)C(=O)NC2CCN(C)CC2)S(C)(=O)=O)cc1OC. The van der Waals surface area contributed by atoms with E-state index >= 15 is 0 Å². The smallest absolute Gasteiger partial charge is 0.243 e. The summed E-state index contributed by atoms with van der Waals surface area (Å²) in [6, 6.07) is 3.94. The van der Waals surface area contributed by atoms with Gasteiger partial charge in [0.15, 0.2) is 11.5 Å². The van der Waals surface area contributed by atoms with Gasteiger partial charge in [-0.25, -0.2) is 8.42 Å². The summed E-state index contributed by atoms with van der Waals surface area (Å²) in [5, 5.41) is 2.99. The Bertz CT molecular complexity index is 760. The molecule has 1 aliphatic heterocycles. The van der Waals surface area contributed by atoms with Crippen LogP contribution in [0.2, 0.25) is 0 Å². The first kappa shape index (κ1) is 21.3. The number of carbonyl (C=O) groups excluding carboxylic acids is 1. The van der Waals surface area contributed by atoms with E-state index in [9.17, 15) is 13.2 Å². The monoisotopic (exact) mass is 399 g/mol. The van der Waals surface area contributed by atoms with E-state index in [0.717, 1.165) is 36.5 Å². The van der Waals surface area contributed by atoms with Crippen LogP contribution >= 0.6 is 0 Å². The zero-order valence-corrected chi connectivity index (χ0v) is 17.4. The van der Waals surface area contributed by atoms with Crippen molar-refractivity contribution in [1.82, 2.24) is 10.2 Å². The summed E-state index contributed by atoms with van der Waals surface area (Å²) in [7, 11) is 1.33. The number of hydrogen-bond acceptors (Lipinski definition) is 6. The number of hydrogen-bond donors (Lipinski definition) is 1. The number of nitrogens with zero attached hydrogens (tertiary/aromatic N) is 2. The number of carbonyl (C=O) groups is 1. The van der Waals surface area contributed by atoms with Gasteiger partial charge in [-0.1, -0.05) is 0 Å². The third kappa shape index (κ3) is 5.26. The molecule has 8 nitrogen and oxygen atoms in total. The summed E-state index contributed by atoms with van der Waals surface area (Å²) in [5.41, 5.74) is 0.348. The Morgan fingerprint density at radius 3 is 2.33 bits per heavy atom. The van der Waals surface area contributed by atoms with Gasteiger partial charge >= 0.3 is 0 Å². The Kier molecular flexibility index (Phi) is 6.94. The summed E-state index contributed by atoms with van der Waals surface area (Å²) < 4.78 is 36.4. The van der Waals surface area contributed by atoms with E-state index in [1.54, 1.807) is 25.1 Å². The molecule has 0 aliphatic carbocycles. The Balaban J connectivity index is 2.24. The number of anilines is 1. The van der Waals surface area contributed by atoms with Gasteiger partial charge in [-0.05, 0) is 52.0 Å². The third-order valence-electron chi connectivity index (χ3n) is 4.78. The lowest BCUT2D eigenvalue weighted by Gasteiger charge is -2.33. The first-order valence-electron chi connectivity index (χ1n) is 8.87. The number of methoxy groups -OCH3 is 2. The molecule has 1 N–H and O–H groups in total. The Labute approximate surface area is 161 Å². The van der Waals surface area contributed by atoms with Crippen molar-refractivity contribution in [2.45, 2.75) is 31.8 Å². The fourth-order valence-corrected chi connectivity index (χ4v) is 4.41. The number of likely N-dealkylation sites (tertiary alicyclic amines) is 1. The van der Waals surface area contributed by atoms with Gasteiger partial charge in [0.2, 0.25) is 15.9 Å². The van der Waals surface area contributed by atoms with E-state index in [2.05, 4.69) is 10.2 Å². The minimum Gasteiger partial charge on any atom is -0.493 e. The first-order valence-corrected chi connectivity index (χ1v) is 10.7. The average Bonchev–Trinajstić information content (AvgIpc) is 2.62. The van der Waals surface area contributed by atoms with Crippen LogP contribution in [0.15, 0.2) is 18.2 Å². The highest BCUT2D eigenvalue weighted by Crippen LogP contribution is 2.33. The van der Waals surface area contributed by atoms with E-state index in [0.29, 0.717) is 17.2 Å². The topological polar surface area (TPSA) is 88.2 Å². The van der Waals surface area contributed by atoms with Crippen LogP contribution < -0.4 is 19.1 Å². The maximum atomic E-state index is 12.7. The van der Waals surface area contributed by atoms with Crippen molar-refractivity contribution < 1.29 is 22.7 Å². The molecule has 0 saturated carbocycles. The van der Waals surface area contributed by atoms with Crippen LogP contribution in [0.25, 0.3) is 0 Å². The molecule has 27 heavy (non-hydrogen) atoms. The van der Waals surface area contributed by atoms with Gasteiger partial charge in [0.1, 0.15) is 6.04 Å². The minimum absolute atomic E-state index is 0.0583. The largest absolute Gasteiger partial charge is 0.493 e. The molecule has 1 fully saturated rings. The standard InChI is InChI=1S/C18H29N3O5S/c1-13(18(22)19-14-8-10-20(2)11-9-14)21(27(5,23)24)15-6-7-16(25-3)17(12-15)26-4/h6-7,12-14H,8-11H2,1-5H3,(H,19,22)/t13-/m1/s1. The summed E-state index contributed by atoms with van der Waals surface area (Å²) in [4.78, 5) is 15.0. The fraction of sp³-hybridized carbons (Fsp3) is 0.611. The molecule has 152 valence electrons. The lowest BCUT2D eigenvalue weighted by molar-refractivity contribution is -0.122. The van der Waals surface area contributed by atoms with Gasteiger partial charge in [-0.15, -0.1) is 0 Å². The molecule has 1 saturated heterocycles. The second kappa shape index (κ2) is 8.79. The van der Waals surface area contributed by atoms with Crippen LogP contribution in [-0.2, 0) is 14.8 Å². The molecule has 0 spiro atoms. The fourth-order valence-electron chi connectivity index (χ4n) is 3.25. The highest BCUT2D eigenvalue weighted by Gasteiger charge is 2.31. The lowest BCUT2D eigenvalue weighted by atomic mass is 10.1. The van der Waals surface area contributed by atoms with Crippen molar-refractivity contribution in [1.29, 1.82) is 0 Å². The molecule has 0 unspecified atom stereocenters. The highest BCUT2D eigenvalue weighted by molar-refractivity contribution is 7.92. The van der Waals surface area contributed by atoms with Crippen molar-refractivity contribution >= 4 is 21.6 Å². The number of piperidine rings is 1. The molecule has 1 aliphatic rings. The predicted molar refractivity (Wildman–Crippen MR) is 105 cm³/mol. The minimum atomic E-state index is -3.69. The summed E-state index contributed by atoms with van der Waals surface area (Å²) in [6.45, 7) is 3.40. The van der Waals surface area contributed by atoms with Crippen LogP contribution in [0.5, 0.6) is 11.5 Å². The molecule has 1 atom stereocenters. The summed E-state index contributed by atoms with van der Waals surface area (Å²) in [6.07, 6.45) is 2.79. The van der Waals surface area contributed by atoms with Crippen molar-refractivity contribution in [2.75, 3.05) is 44.9 Å². The predicted octanol–water partition coefficient (Wildman–Crippen LogP) is 1.07. The van der Waals surface area contributed by atoms with Gasteiger partial charge in [-0.2, -0.15) is 0 Å². The van der Waals surface area contributed by atoms with E-state index < -0.39 is 16.1 Å². The van der Waals surface area contributed by atoms with Crippen LogP contribution in [0.1, 0.15) is 19.8 Å². The molecule has 1 heterocycles. The van der Waals surface area contributed by atoms with E-state index in [1.807, 2.05) is 7.05 Å². The number of nitrogens with one attached hydrogen (secondary N) is 1. The van der Waals surface area contributed by atoms with E-state index in [-0.39, 0.29) is 11.9 Å². The van der Waals surface area contributed by atoms with Gasteiger partial charge in [0.25, 0.3) is 0 Å². The molecular formula is C18H29N3O5S. The Hall–Kier alpha value is -2.00. The van der Waals surface area contributed by atoms with Crippen LogP contribution in [0.4, 0.5) is 5.69 Å². The summed E-state index contributed by atoms with van der Waals surface area (Å²) in [5.74, 6) is 0.564. The number of amides is 1. The van der Waals surface area contributed by atoms with Crippen molar-refractivity contribution in [3.8, 4) is 11.5 Å². The zero-order valence-electron chi connectivity index (χ0n) is 16.6. The maximum absolute atomic E-state index is 12.7. The van der Waals surface area contributed by atoms with Gasteiger partial charge in [0.05, 0.1) is 26.2 Å². The molecule has 1 aromatic carbocycles. The van der Waals surface area contributed by atoms with Gasteiger partial charge in [-0.3, -0.25) is 9.10 Å². The lowest BCUT2D eigenvalue weighted by Crippen LogP contribution is -2.52. The highest BCUT2D eigenvalue weighted by atomic mass is 32.2. The van der Waals surface area contributed by atoms with E-state index in [4.69, 9.17) is 9.47 Å². The molecule has 9 heteroatoms. The molecule has 0 radical (unpaired) electrons. The number of rotatable bonds is 7. The van der Waals surface area contributed by atoms with Crippen molar-refractivity contribution in [2.24, 2.45) is 0 Å². The third-order valence-corrected chi connectivity index (χ3v) is 6.02. The van der Waals surface area contributed by atoms with Crippen molar-refractivity contribution in [3.63, 3.8) is 0 Å². The van der Waals surface area contributed by atoms with Gasteiger partial charge < -0.3 is 19.7 Å². The quantitative estimate of drug-likeness (QED) is 0.738. The molecular weight excluding hydrogens is 370 g/mol. The molecule has 1 aromatic rings. The first-order chi connectivity index (χ1) is 12.7. The molecule has 0 bridgehead atoms. The number of sulfonamides is 1. The Morgan fingerprint density at radius 1 is 1.22 bits per heavy atom.